The van der Waals surface area contributed by atoms with Crippen LogP contribution in [-0.4, -0.2) is 15.5 Å². The molecule has 5 nitrogen and oxygen atoms in total. The summed E-state index contributed by atoms with van der Waals surface area (Å²) >= 11 is 5.29. The van der Waals surface area contributed by atoms with Gasteiger partial charge in [0.1, 0.15) is 0 Å². The number of nitrogens with one attached hydrogen (secondary N) is 2. The molecule has 0 radical (unpaired) electrons. The van der Waals surface area contributed by atoms with Gasteiger partial charge in [-0.15, -0.1) is 0 Å². The maximum Gasteiger partial charge on any atom is 0.266 e. The van der Waals surface area contributed by atoms with Crippen LogP contribution in [0.3, 0.4) is 0 Å². The first-order valence-corrected chi connectivity index (χ1v) is 7.09. The minimum Gasteiger partial charge on any atom is -0.331 e. The van der Waals surface area contributed by atoms with Gasteiger partial charge in [-0.1, -0.05) is 18.2 Å². The third-order valence-electron chi connectivity index (χ3n) is 3.23. The van der Waals surface area contributed by atoms with Gasteiger partial charge < -0.3 is 10.3 Å². The number of hydrogen-bond acceptors (Lipinski definition) is 3. The highest BCUT2D eigenvalue weighted by Gasteiger charge is 2.08. The number of aromatic nitrogens is 2. The number of nitrogens with zero attached hydrogens (tertiary/aromatic N) is 1. The first kappa shape index (κ1) is 14.2. The summed E-state index contributed by atoms with van der Waals surface area (Å²) in [6, 6.07) is 14.3. The molecule has 0 unspecified atom stereocenters. The lowest BCUT2D eigenvalue weighted by Crippen LogP contribution is -2.20. The number of aromatic amines is 1. The number of H-pyrrole nitrogens is 1. The molecule has 3 rings (SSSR count). The molecule has 22 heavy (non-hydrogen) atoms. The van der Waals surface area contributed by atoms with Crippen molar-refractivity contribution in [3.8, 4) is 5.69 Å². The van der Waals surface area contributed by atoms with Crippen molar-refractivity contribution in [1.29, 1.82) is 0 Å². The van der Waals surface area contributed by atoms with E-state index in [0.717, 1.165) is 0 Å². The monoisotopic (exact) mass is 311 g/mol. The molecule has 3 aromatic rings. The molecule has 6 heteroatoms. The number of amides is 1. The van der Waals surface area contributed by atoms with Crippen molar-refractivity contribution in [2.45, 2.75) is 6.92 Å². The summed E-state index contributed by atoms with van der Waals surface area (Å²) in [5.74, 6) is -0.188. The molecule has 2 N–H and O–H groups in total. The Labute approximate surface area is 131 Å². The molecule has 1 aromatic heterocycles. The largest absolute Gasteiger partial charge is 0.331 e. The molecular formula is C16H13N3O2S. The summed E-state index contributed by atoms with van der Waals surface area (Å²) < 4.78 is 1.77. The van der Waals surface area contributed by atoms with Crippen LogP contribution in [0.4, 0.5) is 5.69 Å². The van der Waals surface area contributed by atoms with E-state index in [4.69, 9.17) is 12.2 Å². The van der Waals surface area contributed by atoms with Gasteiger partial charge >= 0.3 is 0 Å². The number of anilines is 1. The molecule has 0 saturated carbocycles. The first-order chi connectivity index (χ1) is 10.6. The molecule has 0 spiro atoms. The van der Waals surface area contributed by atoms with Crippen LogP contribution in [0.25, 0.3) is 16.6 Å². The molecule has 1 amide bonds. The molecule has 0 atom stereocenters. The van der Waals surface area contributed by atoms with E-state index < -0.39 is 0 Å². The molecule has 0 saturated heterocycles. The Morgan fingerprint density at radius 2 is 1.91 bits per heavy atom. The van der Waals surface area contributed by atoms with Crippen LogP contribution in [0.15, 0.2) is 53.3 Å². The van der Waals surface area contributed by atoms with Crippen molar-refractivity contribution in [1.82, 2.24) is 9.55 Å². The van der Waals surface area contributed by atoms with Gasteiger partial charge in [0.05, 0.1) is 16.6 Å². The second-order valence-corrected chi connectivity index (χ2v) is 5.23. The highest BCUT2D eigenvalue weighted by atomic mass is 32.1. The summed E-state index contributed by atoms with van der Waals surface area (Å²) in [6.07, 6.45) is 0. The highest BCUT2D eigenvalue weighted by molar-refractivity contribution is 7.71. The number of hydrogen-bond donors (Lipinski definition) is 2. The van der Waals surface area contributed by atoms with Gasteiger partial charge in [0.2, 0.25) is 5.91 Å². The zero-order valence-corrected chi connectivity index (χ0v) is 12.6. The van der Waals surface area contributed by atoms with Crippen molar-refractivity contribution in [2.75, 3.05) is 5.32 Å². The number of fused-ring (bicyclic) bond motifs is 1. The molecule has 0 fully saturated rings. The summed E-state index contributed by atoms with van der Waals surface area (Å²) in [4.78, 5) is 27.0. The van der Waals surface area contributed by atoms with Crippen molar-refractivity contribution in [2.24, 2.45) is 0 Å². The van der Waals surface area contributed by atoms with Crippen molar-refractivity contribution in [3.05, 3.63) is 63.7 Å². The van der Waals surface area contributed by atoms with E-state index in [0.29, 0.717) is 27.0 Å². The van der Waals surface area contributed by atoms with E-state index in [1.54, 1.807) is 18.2 Å². The average Bonchev–Trinajstić information content (AvgIpc) is 2.48. The fourth-order valence-electron chi connectivity index (χ4n) is 2.31. The van der Waals surface area contributed by atoms with Crippen LogP contribution in [0, 0.1) is 4.77 Å². The number of benzene rings is 2. The Kier molecular flexibility index (Phi) is 3.60. The fourth-order valence-corrected chi connectivity index (χ4v) is 2.60. The second-order valence-electron chi connectivity index (χ2n) is 4.85. The quantitative estimate of drug-likeness (QED) is 0.715. The van der Waals surface area contributed by atoms with Gasteiger partial charge in [-0.3, -0.25) is 14.2 Å². The third-order valence-corrected chi connectivity index (χ3v) is 3.52. The number of carbonyl (C=O) groups is 1. The van der Waals surface area contributed by atoms with Gasteiger partial charge in [-0.2, -0.15) is 0 Å². The standard InChI is InChI=1S/C16H13N3O2S/c1-10(20)17-11-7-8-14-13(9-11)15(21)19(16(22)18-14)12-5-3-2-4-6-12/h2-9H,1H3,(H,17,20)(H,18,22). The maximum absolute atomic E-state index is 12.8. The molecule has 1 heterocycles. The van der Waals surface area contributed by atoms with E-state index in [2.05, 4.69) is 10.3 Å². The number of para-hydroxylation sites is 1. The van der Waals surface area contributed by atoms with E-state index in [9.17, 15) is 9.59 Å². The number of rotatable bonds is 2. The fraction of sp³-hybridized carbons (Fsp3) is 0.0625. The summed E-state index contributed by atoms with van der Waals surface area (Å²) in [6.45, 7) is 1.42. The Morgan fingerprint density at radius 3 is 2.59 bits per heavy atom. The Bertz CT molecular complexity index is 974. The smallest absolute Gasteiger partial charge is 0.266 e. The predicted octanol–water partition coefficient (Wildman–Crippen LogP) is 3.01. The Morgan fingerprint density at radius 1 is 1.18 bits per heavy atom. The zero-order chi connectivity index (χ0) is 15.7. The lowest BCUT2D eigenvalue weighted by Gasteiger charge is -2.09. The van der Waals surface area contributed by atoms with Crippen LogP contribution in [0.1, 0.15) is 6.92 Å². The first-order valence-electron chi connectivity index (χ1n) is 6.68. The minimum atomic E-state index is -0.225. The minimum absolute atomic E-state index is 0.188. The molecule has 0 bridgehead atoms. The zero-order valence-electron chi connectivity index (χ0n) is 11.8. The van der Waals surface area contributed by atoms with Crippen molar-refractivity contribution < 1.29 is 4.79 Å². The van der Waals surface area contributed by atoms with Gasteiger partial charge in [0.25, 0.3) is 5.56 Å². The molecule has 2 aromatic carbocycles. The lowest BCUT2D eigenvalue weighted by molar-refractivity contribution is -0.114. The average molecular weight is 311 g/mol. The summed E-state index contributed by atoms with van der Waals surface area (Å²) in [5, 5.41) is 3.13. The SMILES string of the molecule is CC(=O)Nc1ccc2[nH]c(=S)n(-c3ccccc3)c(=O)c2c1. The van der Waals surface area contributed by atoms with Crippen LogP contribution in [0.5, 0.6) is 0 Å². The molecular weight excluding hydrogens is 298 g/mol. The molecule has 0 aliphatic carbocycles. The highest BCUT2D eigenvalue weighted by Crippen LogP contribution is 2.16. The third kappa shape index (κ3) is 2.56. The summed E-state index contributed by atoms with van der Waals surface area (Å²) in [7, 11) is 0. The van der Waals surface area contributed by atoms with Crippen molar-refractivity contribution >= 4 is 34.7 Å². The van der Waals surface area contributed by atoms with Gasteiger partial charge in [-0.25, -0.2) is 0 Å². The van der Waals surface area contributed by atoms with E-state index in [1.165, 1.54) is 11.5 Å². The Hall–Kier alpha value is -2.73. The number of carbonyl (C=O) groups excluding carboxylic acids is 1. The lowest BCUT2D eigenvalue weighted by atomic mass is 10.2. The van der Waals surface area contributed by atoms with Crippen molar-refractivity contribution in [3.63, 3.8) is 0 Å². The van der Waals surface area contributed by atoms with Gasteiger partial charge in [0.15, 0.2) is 4.77 Å². The summed E-state index contributed by atoms with van der Waals surface area (Å²) in [5.41, 5.74) is 1.68. The predicted molar refractivity (Wildman–Crippen MR) is 89.0 cm³/mol. The van der Waals surface area contributed by atoms with Gasteiger partial charge in [0, 0.05) is 12.6 Å². The van der Waals surface area contributed by atoms with E-state index in [1.807, 2.05) is 30.3 Å². The molecule has 0 aliphatic rings. The van der Waals surface area contributed by atoms with Gasteiger partial charge in [-0.05, 0) is 42.5 Å². The molecule has 0 aliphatic heterocycles. The van der Waals surface area contributed by atoms with E-state index >= 15 is 0 Å². The van der Waals surface area contributed by atoms with Crippen LogP contribution in [-0.2, 0) is 4.79 Å². The van der Waals surface area contributed by atoms with Crippen LogP contribution in [0.2, 0.25) is 0 Å². The van der Waals surface area contributed by atoms with Crippen LogP contribution >= 0.6 is 12.2 Å². The topological polar surface area (TPSA) is 66.9 Å². The Balaban J connectivity index is 2.29. The van der Waals surface area contributed by atoms with E-state index in [-0.39, 0.29) is 11.5 Å². The second kappa shape index (κ2) is 5.57. The maximum atomic E-state index is 12.8. The van der Waals surface area contributed by atoms with Crippen LogP contribution < -0.4 is 10.9 Å². The molecule has 110 valence electrons. The normalized spacial score (nSPS) is 10.6.